The van der Waals surface area contributed by atoms with Gasteiger partial charge in [0.2, 0.25) is 11.6 Å². The van der Waals surface area contributed by atoms with Gasteiger partial charge in [0.05, 0.1) is 5.92 Å². The summed E-state index contributed by atoms with van der Waals surface area (Å²) < 4.78 is 0. The Morgan fingerprint density at radius 2 is 1.65 bits per heavy atom. The van der Waals surface area contributed by atoms with Gasteiger partial charge in [-0.25, -0.2) is 0 Å². The lowest BCUT2D eigenvalue weighted by atomic mass is 9.74. The van der Waals surface area contributed by atoms with E-state index in [0.29, 0.717) is 0 Å². The Morgan fingerprint density at radius 3 is 2.13 bits per heavy atom. The molecule has 4 nitrogen and oxygen atoms in total. The first kappa shape index (κ1) is 17.7. The molecule has 0 saturated heterocycles. The summed E-state index contributed by atoms with van der Waals surface area (Å²) in [4.78, 5) is 25.3. The summed E-state index contributed by atoms with van der Waals surface area (Å²) in [6.07, 6.45) is 3.46. The van der Waals surface area contributed by atoms with E-state index in [2.05, 4.69) is 18.7 Å². The molecule has 0 spiro atoms. The molecule has 0 bridgehead atoms. The zero-order valence-corrected chi connectivity index (χ0v) is 14.3. The fourth-order valence-electron chi connectivity index (χ4n) is 3.11. The van der Waals surface area contributed by atoms with Crippen LogP contribution in [0.4, 0.5) is 5.69 Å². The predicted octanol–water partition coefficient (Wildman–Crippen LogP) is 3.00. The number of carbonyl (C=O) groups is 2. The Hall–Kier alpha value is -1.68. The highest BCUT2D eigenvalue weighted by Gasteiger charge is 2.48. The summed E-state index contributed by atoms with van der Waals surface area (Å²) >= 11 is 0. The Morgan fingerprint density at radius 1 is 1.04 bits per heavy atom. The first-order valence-corrected chi connectivity index (χ1v) is 8.62. The molecular weight excluding hydrogens is 290 g/mol. The SMILES string of the molecule is CCCCN(CCCC)c1ccc(C2C(=O)C(=O)C2O)cc1C. The van der Waals surface area contributed by atoms with E-state index >= 15 is 0 Å². The third kappa shape index (κ3) is 3.63. The zero-order chi connectivity index (χ0) is 17.0. The van der Waals surface area contributed by atoms with Gasteiger partial charge in [-0.1, -0.05) is 38.8 Å². The van der Waals surface area contributed by atoms with Gasteiger partial charge in [0, 0.05) is 18.8 Å². The van der Waals surface area contributed by atoms with Crippen LogP contribution in [0.2, 0.25) is 0 Å². The molecule has 0 heterocycles. The van der Waals surface area contributed by atoms with Gasteiger partial charge in [-0.2, -0.15) is 0 Å². The van der Waals surface area contributed by atoms with Crippen molar-refractivity contribution >= 4 is 17.3 Å². The van der Waals surface area contributed by atoms with E-state index < -0.39 is 23.6 Å². The molecule has 4 heteroatoms. The minimum absolute atomic E-state index is 0.474. The normalized spacial score (nSPS) is 20.5. The summed E-state index contributed by atoms with van der Waals surface area (Å²) in [7, 11) is 0. The highest BCUT2D eigenvalue weighted by atomic mass is 16.3. The van der Waals surface area contributed by atoms with Gasteiger partial charge in [0.25, 0.3) is 0 Å². The molecule has 1 aromatic rings. The van der Waals surface area contributed by atoms with Crippen LogP contribution in [0.3, 0.4) is 0 Å². The maximum Gasteiger partial charge on any atom is 0.228 e. The average molecular weight is 317 g/mol. The number of Topliss-reactive ketones (excluding diaryl/α,β-unsaturated/α-hetero) is 2. The number of hydrogen-bond donors (Lipinski definition) is 1. The third-order valence-corrected chi connectivity index (χ3v) is 4.59. The van der Waals surface area contributed by atoms with Gasteiger partial charge in [-0.05, 0) is 37.0 Å². The average Bonchev–Trinajstić information content (AvgIpc) is 2.55. The van der Waals surface area contributed by atoms with Gasteiger partial charge >= 0.3 is 0 Å². The summed E-state index contributed by atoms with van der Waals surface area (Å²) in [5.41, 5.74) is 3.02. The number of hydrogen-bond acceptors (Lipinski definition) is 4. The van der Waals surface area contributed by atoms with E-state index in [4.69, 9.17) is 0 Å². The Labute approximate surface area is 138 Å². The van der Waals surface area contributed by atoms with Crippen LogP contribution in [-0.2, 0) is 9.59 Å². The number of aliphatic hydroxyl groups excluding tert-OH is 1. The second kappa shape index (κ2) is 7.73. The molecular formula is C19H27NO3. The van der Waals surface area contributed by atoms with Crippen molar-refractivity contribution in [1.29, 1.82) is 0 Å². The third-order valence-electron chi connectivity index (χ3n) is 4.59. The van der Waals surface area contributed by atoms with Crippen molar-refractivity contribution in [2.24, 2.45) is 0 Å². The van der Waals surface area contributed by atoms with Crippen LogP contribution in [0.15, 0.2) is 18.2 Å². The molecule has 2 atom stereocenters. The molecule has 1 saturated carbocycles. The molecule has 2 unspecified atom stereocenters. The maximum absolute atomic E-state index is 11.7. The summed E-state index contributed by atoms with van der Waals surface area (Å²) in [6, 6.07) is 5.85. The highest BCUT2D eigenvalue weighted by Crippen LogP contribution is 2.33. The molecule has 1 aliphatic rings. The Kier molecular flexibility index (Phi) is 5.94. The van der Waals surface area contributed by atoms with Crippen LogP contribution in [0, 0.1) is 6.92 Å². The molecule has 0 radical (unpaired) electrons. The van der Waals surface area contributed by atoms with Crippen molar-refractivity contribution in [3.8, 4) is 0 Å². The molecule has 1 aliphatic carbocycles. The second-order valence-corrected chi connectivity index (χ2v) is 6.39. The van der Waals surface area contributed by atoms with Crippen molar-refractivity contribution in [3.63, 3.8) is 0 Å². The lowest BCUT2D eigenvalue weighted by Gasteiger charge is -2.31. The van der Waals surface area contributed by atoms with Crippen LogP contribution in [0.5, 0.6) is 0 Å². The van der Waals surface area contributed by atoms with E-state index in [1.807, 2.05) is 25.1 Å². The molecule has 0 aliphatic heterocycles. The lowest BCUT2D eigenvalue weighted by molar-refractivity contribution is -0.154. The lowest BCUT2D eigenvalue weighted by Crippen LogP contribution is -2.50. The second-order valence-electron chi connectivity index (χ2n) is 6.39. The molecule has 1 N–H and O–H groups in total. The van der Waals surface area contributed by atoms with Crippen molar-refractivity contribution in [3.05, 3.63) is 29.3 Å². The van der Waals surface area contributed by atoms with E-state index in [1.165, 1.54) is 5.69 Å². The number of rotatable bonds is 8. The Balaban J connectivity index is 2.19. The van der Waals surface area contributed by atoms with Gasteiger partial charge in [0.15, 0.2) is 0 Å². The summed E-state index contributed by atoms with van der Waals surface area (Å²) in [6.45, 7) is 8.46. The summed E-state index contributed by atoms with van der Waals surface area (Å²) in [5, 5.41) is 9.72. The van der Waals surface area contributed by atoms with Gasteiger partial charge in [0.1, 0.15) is 6.10 Å². The van der Waals surface area contributed by atoms with Crippen molar-refractivity contribution < 1.29 is 14.7 Å². The maximum atomic E-state index is 11.7. The summed E-state index contributed by atoms with van der Waals surface area (Å²) in [5.74, 6) is -1.81. The molecule has 1 fully saturated rings. The van der Waals surface area contributed by atoms with Crippen LogP contribution < -0.4 is 4.90 Å². The molecule has 126 valence electrons. The molecule has 23 heavy (non-hydrogen) atoms. The number of aliphatic hydroxyl groups is 1. The smallest absolute Gasteiger partial charge is 0.228 e. The highest BCUT2D eigenvalue weighted by molar-refractivity contribution is 6.48. The van der Waals surface area contributed by atoms with E-state index in [1.54, 1.807) is 0 Å². The molecule has 0 amide bonds. The molecule has 0 aromatic heterocycles. The fraction of sp³-hybridized carbons (Fsp3) is 0.579. The number of aryl methyl sites for hydroxylation is 1. The number of ketones is 2. The van der Waals surface area contributed by atoms with E-state index in [-0.39, 0.29) is 0 Å². The fourth-order valence-corrected chi connectivity index (χ4v) is 3.11. The number of unbranched alkanes of at least 4 members (excludes halogenated alkanes) is 2. The van der Waals surface area contributed by atoms with Crippen molar-refractivity contribution in [2.45, 2.75) is 58.5 Å². The number of benzene rings is 1. The van der Waals surface area contributed by atoms with Crippen LogP contribution in [0.25, 0.3) is 0 Å². The first-order valence-electron chi connectivity index (χ1n) is 8.62. The van der Waals surface area contributed by atoms with Gasteiger partial charge < -0.3 is 10.0 Å². The van der Waals surface area contributed by atoms with Crippen LogP contribution >= 0.6 is 0 Å². The predicted molar refractivity (Wildman–Crippen MR) is 92.0 cm³/mol. The van der Waals surface area contributed by atoms with Crippen molar-refractivity contribution in [1.82, 2.24) is 0 Å². The quantitative estimate of drug-likeness (QED) is 0.749. The minimum Gasteiger partial charge on any atom is -0.384 e. The minimum atomic E-state index is -1.16. The Bertz CT molecular complexity index is 574. The molecule has 1 aromatic carbocycles. The van der Waals surface area contributed by atoms with Gasteiger partial charge in [-0.3, -0.25) is 9.59 Å². The van der Waals surface area contributed by atoms with Crippen LogP contribution in [0.1, 0.15) is 56.6 Å². The molecule has 2 rings (SSSR count). The van der Waals surface area contributed by atoms with E-state index in [0.717, 1.165) is 49.9 Å². The topological polar surface area (TPSA) is 57.6 Å². The first-order chi connectivity index (χ1) is 11.0. The number of anilines is 1. The largest absolute Gasteiger partial charge is 0.384 e. The monoisotopic (exact) mass is 317 g/mol. The van der Waals surface area contributed by atoms with Crippen molar-refractivity contribution in [2.75, 3.05) is 18.0 Å². The van der Waals surface area contributed by atoms with Crippen LogP contribution in [-0.4, -0.2) is 35.9 Å². The zero-order valence-electron chi connectivity index (χ0n) is 14.3. The number of carbonyl (C=O) groups excluding carboxylic acids is 2. The van der Waals surface area contributed by atoms with Gasteiger partial charge in [-0.15, -0.1) is 0 Å². The standard InChI is InChI=1S/C19H27NO3/c1-4-6-10-20(11-7-5-2)15-9-8-14(12-13(15)3)16-17(21)19(23)18(16)22/h8-9,12,16-17,21H,4-7,10-11H2,1-3H3. The number of nitrogens with zero attached hydrogens (tertiary/aromatic N) is 1. The van der Waals surface area contributed by atoms with E-state index in [9.17, 15) is 14.7 Å².